The fourth-order valence-electron chi connectivity index (χ4n) is 4.13. The number of amides is 1. The van der Waals surface area contributed by atoms with Crippen molar-refractivity contribution in [3.8, 4) is 22.4 Å². The summed E-state index contributed by atoms with van der Waals surface area (Å²) in [7, 11) is 0. The van der Waals surface area contributed by atoms with Gasteiger partial charge in [-0.3, -0.25) is 4.79 Å². The first-order valence-electron chi connectivity index (χ1n) is 11.3. The quantitative estimate of drug-likeness (QED) is 0.295. The van der Waals surface area contributed by atoms with Gasteiger partial charge in [-0.15, -0.1) is 0 Å². The molecule has 5 aromatic rings. The normalized spacial score (nSPS) is 11.0. The van der Waals surface area contributed by atoms with Gasteiger partial charge in [0, 0.05) is 35.3 Å². The second-order valence-corrected chi connectivity index (χ2v) is 8.57. The van der Waals surface area contributed by atoms with Crippen molar-refractivity contribution in [3.63, 3.8) is 0 Å². The van der Waals surface area contributed by atoms with Gasteiger partial charge in [0.05, 0.1) is 11.4 Å². The number of pyridine rings is 1. The highest BCUT2D eigenvalue weighted by Crippen LogP contribution is 2.31. The summed E-state index contributed by atoms with van der Waals surface area (Å²) in [6.45, 7) is 0.523. The molecule has 0 aliphatic carbocycles. The van der Waals surface area contributed by atoms with Crippen LogP contribution in [0.1, 0.15) is 17.7 Å². The Hall–Kier alpha value is -3.89. The lowest BCUT2D eigenvalue weighted by molar-refractivity contribution is -0.121. The summed E-state index contributed by atoms with van der Waals surface area (Å²) in [6, 6.07) is 31.9. The molecule has 0 aliphatic heterocycles. The summed E-state index contributed by atoms with van der Waals surface area (Å²) < 4.78 is 2.09. The van der Waals surface area contributed by atoms with E-state index in [-0.39, 0.29) is 5.91 Å². The highest BCUT2D eigenvalue weighted by Gasteiger charge is 2.16. The molecule has 0 atom stereocenters. The van der Waals surface area contributed by atoms with Crippen molar-refractivity contribution >= 4 is 23.2 Å². The van der Waals surface area contributed by atoms with Crippen molar-refractivity contribution in [1.82, 2.24) is 14.7 Å². The Balaban J connectivity index is 1.46. The third-order valence-corrected chi connectivity index (χ3v) is 6.20. The maximum atomic E-state index is 12.7. The number of fused-ring (bicyclic) bond motifs is 1. The molecule has 0 aliphatic rings. The van der Waals surface area contributed by atoms with Gasteiger partial charge in [-0.05, 0) is 35.7 Å². The summed E-state index contributed by atoms with van der Waals surface area (Å²) in [5, 5.41) is 3.73. The number of carbonyl (C=O) groups is 1. The molecule has 168 valence electrons. The van der Waals surface area contributed by atoms with E-state index < -0.39 is 0 Å². The number of aromatic nitrogens is 2. The molecular formula is C29H24ClN3O. The van der Waals surface area contributed by atoms with Crippen LogP contribution in [0.15, 0.2) is 103 Å². The van der Waals surface area contributed by atoms with E-state index in [9.17, 15) is 4.79 Å². The van der Waals surface area contributed by atoms with Gasteiger partial charge in [0.15, 0.2) is 0 Å². The van der Waals surface area contributed by atoms with Crippen molar-refractivity contribution in [2.45, 2.75) is 19.4 Å². The largest absolute Gasteiger partial charge is 0.352 e. The number of benzene rings is 3. The average Bonchev–Trinajstić information content (AvgIpc) is 3.25. The summed E-state index contributed by atoms with van der Waals surface area (Å²) in [4.78, 5) is 17.6. The third-order valence-electron chi connectivity index (χ3n) is 5.87. The summed E-state index contributed by atoms with van der Waals surface area (Å²) in [6.07, 6.45) is 3.00. The van der Waals surface area contributed by atoms with Crippen molar-refractivity contribution < 1.29 is 4.79 Å². The lowest BCUT2D eigenvalue weighted by atomic mass is 10.1. The molecule has 0 saturated carbocycles. The Labute approximate surface area is 203 Å². The Morgan fingerprint density at radius 2 is 1.53 bits per heavy atom. The molecule has 0 bridgehead atoms. The Morgan fingerprint density at radius 1 is 0.824 bits per heavy atom. The highest BCUT2D eigenvalue weighted by atomic mass is 35.5. The fraction of sp³-hybridized carbons (Fsp3) is 0.103. The first kappa shape index (κ1) is 21.9. The van der Waals surface area contributed by atoms with E-state index >= 15 is 0 Å². The molecule has 1 amide bonds. The number of imidazole rings is 1. The van der Waals surface area contributed by atoms with Gasteiger partial charge < -0.3 is 9.72 Å². The van der Waals surface area contributed by atoms with E-state index in [1.165, 1.54) is 0 Å². The minimum absolute atomic E-state index is 0.0140. The molecule has 5 heteroatoms. The molecule has 1 N–H and O–H groups in total. The average molecular weight is 466 g/mol. The standard InChI is InChI=1S/C29H24ClN3O/c30-25-14-8-7-13-24(25)23-15-17-27-32-29(22-11-5-2-6-12-22)26(33(27)20-23)16-18-28(34)31-19-21-9-3-1-4-10-21/h1-15,17,20H,16,18-19H2,(H,31,34). The maximum absolute atomic E-state index is 12.7. The number of rotatable bonds is 7. The predicted molar refractivity (Wildman–Crippen MR) is 138 cm³/mol. The number of nitrogens with zero attached hydrogens (tertiary/aromatic N) is 2. The van der Waals surface area contributed by atoms with E-state index in [1.54, 1.807) is 0 Å². The SMILES string of the molecule is O=C(CCc1c(-c2ccccc2)nc2ccc(-c3ccccc3Cl)cn12)NCc1ccccc1. The van der Waals surface area contributed by atoms with Crippen LogP contribution < -0.4 is 5.32 Å². The summed E-state index contributed by atoms with van der Waals surface area (Å²) in [5.74, 6) is 0.0140. The molecular weight excluding hydrogens is 442 g/mol. The van der Waals surface area contributed by atoms with Crippen LogP contribution in [0.3, 0.4) is 0 Å². The number of aryl methyl sites for hydroxylation is 1. The zero-order chi connectivity index (χ0) is 23.3. The van der Waals surface area contributed by atoms with Crippen LogP contribution in [0, 0.1) is 0 Å². The van der Waals surface area contributed by atoms with Crippen LogP contribution in [0.25, 0.3) is 28.0 Å². The molecule has 2 heterocycles. The van der Waals surface area contributed by atoms with Crippen LogP contribution in [0.5, 0.6) is 0 Å². The van der Waals surface area contributed by atoms with E-state index in [0.29, 0.717) is 24.4 Å². The Morgan fingerprint density at radius 3 is 2.29 bits per heavy atom. The molecule has 0 unspecified atom stereocenters. The van der Waals surface area contributed by atoms with Crippen molar-refractivity contribution in [2.24, 2.45) is 0 Å². The second kappa shape index (κ2) is 9.94. The number of nitrogens with one attached hydrogen (secondary N) is 1. The topological polar surface area (TPSA) is 46.4 Å². The van der Waals surface area contributed by atoms with E-state index in [2.05, 4.69) is 28.0 Å². The summed E-state index contributed by atoms with van der Waals surface area (Å²) in [5.41, 5.74) is 6.83. The number of hydrogen-bond acceptors (Lipinski definition) is 2. The molecule has 0 radical (unpaired) electrons. The second-order valence-electron chi connectivity index (χ2n) is 8.16. The van der Waals surface area contributed by atoms with E-state index in [1.807, 2.05) is 84.9 Å². The lowest BCUT2D eigenvalue weighted by Gasteiger charge is -2.09. The van der Waals surface area contributed by atoms with Gasteiger partial charge in [-0.1, -0.05) is 90.5 Å². The van der Waals surface area contributed by atoms with Crippen molar-refractivity contribution in [3.05, 3.63) is 120 Å². The van der Waals surface area contributed by atoms with E-state index in [0.717, 1.165) is 39.3 Å². The predicted octanol–water partition coefficient (Wildman–Crippen LogP) is 6.57. The first-order chi connectivity index (χ1) is 16.7. The smallest absolute Gasteiger partial charge is 0.220 e. The van der Waals surface area contributed by atoms with Crippen molar-refractivity contribution in [1.29, 1.82) is 0 Å². The van der Waals surface area contributed by atoms with Gasteiger partial charge in [0.2, 0.25) is 5.91 Å². The van der Waals surface area contributed by atoms with E-state index in [4.69, 9.17) is 16.6 Å². The number of halogens is 1. The number of hydrogen-bond donors (Lipinski definition) is 1. The van der Waals surface area contributed by atoms with Gasteiger partial charge in [-0.2, -0.15) is 0 Å². The molecule has 2 aromatic heterocycles. The Bertz CT molecular complexity index is 1430. The number of carbonyl (C=O) groups excluding carboxylic acids is 1. The molecule has 4 nitrogen and oxygen atoms in total. The van der Waals surface area contributed by atoms with Crippen LogP contribution in [-0.2, 0) is 17.8 Å². The van der Waals surface area contributed by atoms with Gasteiger partial charge >= 0.3 is 0 Å². The first-order valence-corrected chi connectivity index (χ1v) is 11.7. The minimum atomic E-state index is 0.0140. The Kier molecular flexibility index (Phi) is 6.41. The molecule has 0 fully saturated rings. The van der Waals surface area contributed by atoms with Gasteiger partial charge in [0.1, 0.15) is 5.65 Å². The molecule has 0 saturated heterocycles. The van der Waals surface area contributed by atoms with Gasteiger partial charge in [-0.25, -0.2) is 4.98 Å². The van der Waals surface area contributed by atoms with Crippen LogP contribution in [0.4, 0.5) is 0 Å². The lowest BCUT2D eigenvalue weighted by Crippen LogP contribution is -2.23. The van der Waals surface area contributed by atoms with Gasteiger partial charge in [0.25, 0.3) is 0 Å². The van der Waals surface area contributed by atoms with Crippen molar-refractivity contribution in [2.75, 3.05) is 0 Å². The maximum Gasteiger partial charge on any atom is 0.220 e. The zero-order valence-electron chi connectivity index (χ0n) is 18.6. The fourth-order valence-corrected chi connectivity index (χ4v) is 4.38. The zero-order valence-corrected chi connectivity index (χ0v) is 19.4. The molecule has 34 heavy (non-hydrogen) atoms. The molecule has 0 spiro atoms. The molecule has 3 aromatic carbocycles. The minimum Gasteiger partial charge on any atom is -0.352 e. The van der Waals surface area contributed by atoms with Crippen LogP contribution >= 0.6 is 11.6 Å². The monoisotopic (exact) mass is 465 g/mol. The highest BCUT2D eigenvalue weighted by molar-refractivity contribution is 6.33. The summed E-state index contributed by atoms with van der Waals surface area (Å²) >= 11 is 6.46. The molecule has 5 rings (SSSR count). The van der Waals surface area contributed by atoms with Crippen LogP contribution in [-0.4, -0.2) is 15.3 Å². The third kappa shape index (κ3) is 4.73. The van der Waals surface area contributed by atoms with Crippen LogP contribution in [0.2, 0.25) is 5.02 Å².